The summed E-state index contributed by atoms with van der Waals surface area (Å²) in [4.78, 5) is 52.9. The molecule has 8 heteroatoms. The van der Waals surface area contributed by atoms with E-state index in [0.29, 0.717) is 16.8 Å². The molecule has 0 saturated carbocycles. The second kappa shape index (κ2) is 9.72. The molecule has 3 aromatic carbocycles. The minimum absolute atomic E-state index is 0.367. The van der Waals surface area contributed by atoms with Crippen LogP contribution in [0.25, 0.3) is 12.2 Å². The molecule has 3 N–H and O–H groups in total. The maximum atomic E-state index is 13.8. The lowest BCUT2D eigenvalue weighted by Gasteiger charge is -2.30. The van der Waals surface area contributed by atoms with Crippen LogP contribution < -0.4 is 10.2 Å². The van der Waals surface area contributed by atoms with E-state index in [9.17, 15) is 29.4 Å². The fraction of sp³-hybridized carbons (Fsp3) is 0.200. The van der Waals surface area contributed by atoms with E-state index in [-0.39, 0.29) is 0 Å². The molecule has 8 nitrogen and oxygen atoms in total. The monoisotopic (exact) mass is 510 g/mol. The number of hydrogen-bond donors (Lipinski definition) is 3. The van der Waals surface area contributed by atoms with Crippen molar-refractivity contribution in [3.8, 4) is 0 Å². The number of carbonyl (C=O) groups is 4. The van der Waals surface area contributed by atoms with E-state index in [1.165, 1.54) is 0 Å². The van der Waals surface area contributed by atoms with Crippen LogP contribution in [0, 0.1) is 18.8 Å². The third-order valence-electron chi connectivity index (χ3n) is 7.39. The molecule has 4 unspecified atom stereocenters. The number of aryl methyl sites for hydroxylation is 1. The first kappa shape index (κ1) is 25.1. The zero-order chi connectivity index (χ0) is 27.0. The van der Waals surface area contributed by atoms with Gasteiger partial charge < -0.3 is 10.2 Å². The summed E-state index contributed by atoms with van der Waals surface area (Å²) in [6.07, 6.45) is 3.04. The molecule has 0 bridgehead atoms. The van der Waals surface area contributed by atoms with Crippen LogP contribution in [-0.2, 0) is 19.2 Å². The molecular weight excluding hydrogens is 484 g/mol. The van der Waals surface area contributed by atoms with Gasteiger partial charge in [-0.05, 0) is 35.2 Å². The van der Waals surface area contributed by atoms with Gasteiger partial charge in [0, 0.05) is 6.04 Å². The van der Waals surface area contributed by atoms with Crippen molar-refractivity contribution >= 4 is 41.6 Å². The van der Waals surface area contributed by atoms with Crippen molar-refractivity contribution in [2.24, 2.45) is 11.8 Å². The lowest BCUT2D eigenvalue weighted by Crippen LogP contribution is -2.57. The second-order valence-electron chi connectivity index (χ2n) is 9.68. The van der Waals surface area contributed by atoms with Gasteiger partial charge in [0.25, 0.3) is 0 Å². The van der Waals surface area contributed by atoms with Crippen molar-refractivity contribution in [3.63, 3.8) is 0 Å². The Labute approximate surface area is 219 Å². The Kier molecular flexibility index (Phi) is 6.42. The van der Waals surface area contributed by atoms with Gasteiger partial charge in [-0.25, -0.2) is 4.90 Å². The predicted molar refractivity (Wildman–Crippen MR) is 141 cm³/mol. The van der Waals surface area contributed by atoms with Gasteiger partial charge in [0.2, 0.25) is 11.8 Å². The van der Waals surface area contributed by atoms with Crippen LogP contribution in [0.5, 0.6) is 0 Å². The zero-order valence-electron chi connectivity index (χ0n) is 20.6. The number of amides is 2. The molecule has 2 aliphatic heterocycles. The second-order valence-corrected chi connectivity index (χ2v) is 9.68. The SMILES string of the molecule is Cc1ccccc1N1C(=O)C2C(c3ccc(/C=C/c4ccccc4)cc3)NC(CC(=O)O)(C(=O)O)C2C1=O. The van der Waals surface area contributed by atoms with E-state index in [2.05, 4.69) is 5.32 Å². The molecule has 192 valence electrons. The number of carbonyl (C=O) groups excluding carboxylic acids is 2. The highest BCUT2D eigenvalue weighted by Gasteiger charge is 2.69. The number of carboxylic acids is 2. The van der Waals surface area contributed by atoms with Crippen molar-refractivity contribution in [3.05, 3.63) is 101 Å². The summed E-state index contributed by atoms with van der Waals surface area (Å²) >= 11 is 0. The highest BCUT2D eigenvalue weighted by Crippen LogP contribution is 2.51. The third kappa shape index (κ3) is 4.18. The molecule has 2 fully saturated rings. The van der Waals surface area contributed by atoms with E-state index in [0.717, 1.165) is 16.0 Å². The van der Waals surface area contributed by atoms with Crippen LogP contribution >= 0.6 is 0 Å². The van der Waals surface area contributed by atoms with Crippen LogP contribution in [0.1, 0.15) is 34.7 Å². The number of fused-ring (bicyclic) bond motifs is 1. The highest BCUT2D eigenvalue weighted by atomic mass is 16.4. The van der Waals surface area contributed by atoms with Crippen molar-refractivity contribution in [1.29, 1.82) is 0 Å². The molecule has 3 aromatic rings. The molecule has 38 heavy (non-hydrogen) atoms. The molecule has 2 saturated heterocycles. The quantitative estimate of drug-likeness (QED) is 0.325. The van der Waals surface area contributed by atoms with Crippen molar-refractivity contribution in [2.45, 2.75) is 24.9 Å². The topological polar surface area (TPSA) is 124 Å². The maximum Gasteiger partial charge on any atom is 0.325 e. The number of aliphatic carboxylic acids is 2. The Bertz CT molecular complexity index is 1450. The molecule has 2 amide bonds. The number of imide groups is 1. The van der Waals surface area contributed by atoms with Gasteiger partial charge in [0.1, 0.15) is 5.54 Å². The lowest BCUT2D eigenvalue weighted by atomic mass is 9.77. The van der Waals surface area contributed by atoms with Gasteiger partial charge in [-0.2, -0.15) is 0 Å². The van der Waals surface area contributed by atoms with Crippen LogP contribution in [0.4, 0.5) is 5.69 Å². The zero-order valence-corrected chi connectivity index (χ0v) is 20.6. The molecule has 2 heterocycles. The van der Waals surface area contributed by atoms with E-state index in [1.807, 2.05) is 54.6 Å². The number of rotatable bonds is 7. The van der Waals surface area contributed by atoms with Gasteiger partial charge >= 0.3 is 11.9 Å². The average Bonchev–Trinajstić information content (AvgIpc) is 3.37. The molecule has 0 spiro atoms. The van der Waals surface area contributed by atoms with Gasteiger partial charge in [0.15, 0.2) is 0 Å². The van der Waals surface area contributed by atoms with Gasteiger partial charge in [-0.3, -0.25) is 24.5 Å². The fourth-order valence-corrected chi connectivity index (χ4v) is 5.59. The first-order valence-electron chi connectivity index (χ1n) is 12.2. The number of hydrogen-bond acceptors (Lipinski definition) is 5. The molecule has 4 atom stereocenters. The lowest BCUT2D eigenvalue weighted by molar-refractivity contribution is -0.154. The third-order valence-corrected chi connectivity index (χ3v) is 7.39. The summed E-state index contributed by atoms with van der Waals surface area (Å²) in [6, 6.07) is 23.0. The largest absolute Gasteiger partial charge is 0.481 e. The highest BCUT2D eigenvalue weighted by molar-refractivity contribution is 6.24. The van der Waals surface area contributed by atoms with E-state index in [1.54, 1.807) is 43.3 Å². The van der Waals surface area contributed by atoms with E-state index < -0.39 is 53.6 Å². The van der Waals surface area contributed by atoms with Gasteiger partial charge in [-0.1, -0.05) is 84.9 Å². The number of nitrogens with one attached hydrogen (secondary N) is 1. The molecule has 5 rings (SSSR count). The Morgan fingerprint density at radius 1 is 0.868 bits per heavy atom. The minimum atomic E-state index is -2.14. The molecule has 0 radical (unpaired) electrons. The summed E-state index contributed by atoms with van der Waals surface area (Å²) in [5.41, 5.74) is 1.41. The Morgan fingerprint density at radius 3 is 2.08 bits per heavy atom. The van der Waals surface area contributed by atoms with Crippen LogP contribution in [-0.4, -0.2) is 39.5 Å². The summed E-state index contributed by atoms with van der Waals surface area (Å²) in [6.45, 7) is 1.75. The number of para-hydroxylation sites is 1. The molecule has 0 aliphatic carbocycles. The molecular formula is C30H26N2O6. The fourth-order valence-electron chi connectivity index (χ4n) is 5.59. The van der Waals surface area contributed by atoms with Crippen LogP contribution in [0.2, 0.25) is 0 Å². The number of nitrogens with zero attached hydrogens (tertiary/aromatic N) is 1. The summed E-state index contributed by atoms with van der Waals surface area (Å²) in [7, 11) is 0. The summed E-state index contributed by atoms with van der Waals surface area (Å²) < 4.78 is 0. The summed E-state index contributed by atoms with van der Waals surface area (Å²) in [5, 5.41) is 22.8. The first-order chi connectivity index (χ1) is 18.2. The van der Waals surface area contributed by atoms with Crippen molar-refractivity contribution in [2.75, 3.05) is 4.90 Å². The minimum Gasteiger partial charge on any atom is -0.481 e. The standard InChI is InChI=1S/C30H26N2O6/c1-18-7-5-6-10-22(18)32-27(35)24-25(28(32)36)30(29(37)38,17-23(33)34)31-26(24)21-15-13-20(14-16-21)12-11-19-8-3-2-4-9-19/h2-16,24-26,31H,17H2,1H3,(H,33,34)(H,37,38)/b12-11+. The predicted octanol–water partition coefficient (Wildman–Crippen LogP) is 3.91. The van der Waals surface area contributed by atoms with E-state index in [4.69, 9.17) is 0 Å². The Balaban J connectivity index is 1.54. The van der Waals surface area contributed by atoms with Gasteiger partial charge in [-0.15, -0.1) is 0 Å². The van der Waals surface area contributed by atoms with Crippen LogP contribution in [0.3, 0.4) is 0 Å². The number of benzene rings is 3. The smallest absolute Gasteiger partial charge is 0.325 e. The van der Waals surface area contributed by atoms with E-state index >= 15 is 0 Å². The number of anilines is 1. The van der Waals surface area contributed by atoms with Crippen molar-refractivity contribution in [1.82, 2.24) is 5.32 Å². The first-order valence-corrected chi connectivity index (χ1v) is 12.2. The maximum absolute atomic E-state index is 13.8. The Hall–Kier alpha value is -4.56. The molecule has 0 aromatic heterocycles. The normalized spacial score (nSPS) is 24.7. The van der Waals surface area contributed by atoms with Gasteiger partial charge in [0.05, 0.1) is 23.9 Å². The molecule has 2 aliphatic rings. The Morgan fingerprint density at radius 2 is 1.47 bits per heavy atom. The average molecular weight is 511 g/mol. The van der Waals surface area contributed by atoms with Crippen LogP contribution in [0.15, 0.2) is 78.9 Å². The van der Waals surface area contributed by atoms with Crippen molar-refractivity contribution < 1.29 is 29.4 Å². The summed E-state index contributed by atoms with van der Waals surface area (Å²) in [5.74, 6) is -6.58. The number of carboxylic acid groups (broad SMARTS) is 2.